The van der Waals surface area contributed by atoms with Crippen molar-refractivity contribution in [3.8, 4) is 0 Å². The van der Waals surface area contributed by atoms with Crippen LogP contribution in [0.25, 0.3) is 0 Å². The Kier molecular flexibility index (Phi) is 10.5. The number of hydrogen-bond acceptors (Lipinski definition) is 0. The Morgan fingerprint density at radius 3 is 1.53 bits per heavy atom. The van der Waals surface area contributed by atoms with Gasteiger partial charge in [0.1, 0.15) is 0 Å². The van der Waals surface area contributed by atoms with Gasteiger partial charge in [-0.1, -0.05) is 0 Å². The number of unbranched alkanes of at least 4 members (excludes halogenated alkanes) is 8. The molecule has 0 rings (SSSR count). The van der Waals surface area contributed by atoms with E-state index >= 15 is 0 Å². The van der Waals surface area contributed by atoms with Crippen LogP contribution in [-0.2, 0) is 0 Å². The van der Waals surface area contributed by atoms with Gasteiger partial charge in [0.05, 0.1) is 0 Å². The van der Waals surface area contributed by atoms with Gasteiger partial charge >= 0.3 is 111 Å². The summed E-state index contributed by atoms with van der Waals surface area (Å²) in [6.07, 6.45) is 14.5. The van der Waals surface area contributed by atoms with Crippen molar-refractivity contribution in [3.05, 3.63) is 0 Å². The van der Waals surface area contributed by atoms with Gasteiger partial charge in [0, 0.05) is 0 Å². The first-order chi connectivity index (χ1) is 7.06. The Balaban J connectivity index is 2.99. The zero-order valence-electron chi connectivity index (χ0n) is 11.1. The van der Waals surface area contributed by atoms with Crippen molar-refractivity contribution in [1.82, 2.24) is 0 Å². The minimum atomic E-state index is 0.633. The van der Waals surface area contributed by atoms with E-state index in [2.05, 4.69) is 20.8 Å². The fraction of sp³-hybridized carbons (Fsp3) is 1.00. The maximum atomic E-state index is 2.38. The Morgan fingerprint density at radius 1 is 0.733 bits per heavy atom. The first-order valence-electron chi connectivity index (χ1n) is 6.81. The topological polar surface area (TPSA) is 0 Å². The van der Waals surface area contributed by atoms with Gasteiger partial charge in [0.25, 0.3) is 0 Å². The molecule has 0 saturated carbocycles. The van der Waals surface area contributed by atoms with Crippen molar-refractivity contribution < 1.29 is 0 Å². The molecule has 0 amide bonds. The van der Waals surface area contributed by atoms with Crippen LogP contribution >= 0.6 is 0 Å². The molecule has 0 aliphatic rings. The summed E-state index contributed by atoms with van der Waals surface area (Å²) in [7, 11) is 0. The van der Waals surface area contributed by atoms with E-state index in [4.69, 9.17) is 0 Å². The molecule has 0 aromatic heterocycles. The minimum absolute atomic E-state index is 0.633. The van der Waals surface area contributed by atoms with E-state index in [1.807, 2.05) is 0 Å². The quantitative estimate of drug-likeness (QED) is 0.380. The van der Waals surface area contributed by atoms with E-state index in [9.17, 15) is 0 Å². The molecule has 0 spiro atoms. The van der Waals surface area contributed by atoms with Crippen LogP contribution in [0.15, 0.2) is 0 Å². The van der Waals surface area contributed by atoms with E-state index in [-0.39, 0.29) is 0 Å². The van der Waals surface area contributed by atoms with Crippen LogP contribution in [0, 0.1) is 0 Å². The molecule has 0 atom stereocenters. The summed E-state index contributed by atoms with van der Waals surface area (Å²) < 4.78 is 0.633. The summed E-state index contributed by atoms with van der Waals surface area (Å²) >= 11 is 1.70. The molecule has 0 fully saturated rings. The summed E-state index contributed by atoms with van der Waals surface area (Å²) in [5.41, 5.74) is 0. The molecule has 1 heteroatoms. The number of hydrogen-bond donors (Lipinski definition) is 0. The summed E-state index contributed by atoms with van der Waals surface area (Å²) in [5.74, 6) is 0. The van der Waals surface area contributed by atoms with Crippen molar-refractivity contribution in [3.63, 3.8) is 0 Å². The molecule has 0 heterocycles. The predicted molar refractivity (Wildman–Crippen MR) is 71.6 cm³/mol. The summed E-state index contributed by atoms with van der Waals surface area (Å²) in [6, 6.07) is 0. The maximum absolute atomic E-state index is 2.38. The normalized spacial score (nSPS) is 12.0. The van der Waals surface area contributed by atoms with Gasteiger partial charge in [0.15, 0.2) is 0 Å². The average molecular weight is 316 g/mol. The Hall–Kier alpha value is 0.799. The summed E-state index contributed by atoms with van der Waals surface area (Å²) in [5, 5.41) is 0. The first kappa shape index (κ1) is 15.8. The molecular weight excluding hydrogens is 287 g/mol. The van der Waals surface area contributed by atoms with Crippen molar-refractivity contribution in [2.45, 2.75) is 88.4 Å². The molecule has 89 valence electrons. The fourth-order valence-corrected chi connectivity index (χ4v) is 2.38. The van der Waals surface area contributed by atoms with Gasteiger partial charge in [-0.25, -0.2) is 0 Å². The van der Waals surface area contributed by atoms with Crippen molar-refractivity contribution in [1.29, 1.82) is 0 Å². The molecule has 0 unspecified atom stereocenters. The van der Waals surface area contributed by atoms with Crippen molar-refractivity contribution in [2.75, 3.05) is 0 Å². The first-order valence-corrected chi connectivity index (χ1v) is 8.24. The van der Waals surface area contributed by atoms with Gasteiger partial charge < -0.3 is 0 Å². The zero-order valence-corrected chi connectivity index (χ0v) is 13.9. The number of rotatable bonds is 10. The van der Waals surface area contributed by atoms with Crippen LogP contribution in [-0.4, -0.2) is 22.5 Å². The molecule has 0 N–H and O–H groups in total. The standard InChI is InChI=1S/C14H29.Sn/c1-4-5-6-7-8-9-10-11-12-13-14(2)3;/h4-13H2,1-3H3;. The molecule has 3 radical (unpaired) electrons. The fourth-order valence-electron chi connectivity index (χ4n) is 1.88. The second kappa shape index (κ2) is 9.99. The van der Waals surface area contributed by atoms with Gasteiger partial charge in [-0.3, -0.25) is 0 Å². The van der Waals surface area contributed by atoms with E-state index in [1.165, 1.54) is 64.2 Å². The van der Waals surface area contributed by atoms with Crippen LogP contribution < -0.4 is 0 Å². The predicted octanol–water partition coefficient (Wildman–Crippen LogP) is 5.27. The van der Waals surface area contributed by atoms with Gasteiger partial charge in [0.2, 0.25) is 0 Å². The third kappa shape index (κ3) is 14.8. The monoisotopic (exact) mass is 317 g/mol. The Bertz CT molecular complexity index is 124. The average Bonchev–Trinajstić information content (AvgIpc) is 2.14. The van der Waals surface area contributed by atoms with Crippen molar-refractivity contribution in [2.24, 2.45) is 0 Å². The van der Waals surface area contributed by atoms with Crippen molar-refractivity contribution >= 4 is 22.5 Å². The third-order valence-electron chi connectivity index (χ3n) is 2.91. The van der Waals surface area contributed by atoms with Crippen LogP contribution in [0.5, 0.6) is 0 Å². The van der Waals surface area contributed by atoms with Crippen LogP contribution in [0.3, 0.4) is 0 Å². The molecule has 0 bridgehead atoms. The molecule has 0 aliphatic heterocycles. The summed E-state index contributed by atoms with van der Waals surface area (Å²) in [4.78, 5) is 0. The molecule has 0 aliphatic carbocycles. The molecule has 15 heavy (non-hydrogen) atoms. The van der Waals surface area contributed by atoms with Crippen LogP contribution in [0.2, 0.25) is 3.43 Å². The summed E-state index contributed by atoms with van der Waals surface area (Å²) in [6.45, 7) is 7.06. The third-order valence-corrected chi connectivity index (χ3v) is 3.62. The zero-order chi connectivity index (χ0) is 11.6. The van der Waals surface area contributed by atoms with Gasteiger partial charge in [-0.15, -0.1) is 0 Å². The van der Waals surface area contributed by atoms with E-state index in [0.29, 0.717) is 3.43 Å². The van der Waals surface area contributed by atoms with Crippen LogP contribution in [0.4, 0.5) is 0 Å². The molecule has 0 nitrogen and oxygen atoms in total. The Morgan fingerprint density at radius 2 is 1.13 bits per heavy atom. The SMILES string of the molecule is CCCCCCCCCCC[C](C)(C)[Sn]. The molecule has 0 aromatic carbocycles. The second-order valence-electron chi connectivity index (χ2n) is 5.46. The molecular formula is C14H29Sn. The molecule has 0 saturated heterocycles. The molecule has 0 aromatic rings. The van der Waals surface area contributed by atoms with E-state index in [1.54, 1.807) is 22.5 Å². The van der Waals surface area contributed by atoms with Gasteiger partial charge in [-0.2, -0.15) is 0 Å². The second-order valence-corrected chi connectivity index (χ2v) is 9.33. The van der Waals surface area contributed by atoms with E-state index in [0.717, 1.165) is 0 Å². The van der Waals surface area contributed by atoms with E-state index < -0.39 is 0 Å². The van der Waals surface area contributed by atoms with Crippen LogP contribution in [0.1, 0.15) is 85.0 Å². The van der Waals surface area contributed by atoms with Gasteiger partial charge in [-0.05, 0) is 0 Å². The Labute approximate surface area is 111 Å².